The molecule has 0 saturated heterocycles. The lowest BCUT2D eigenvalue weighted by Gasteiger charge is -2.12. The lowest BCUT2D eigenvalue weighted by atomic mass is 10.1. The van der Waals surface area contributed by atoms with Gasteiger partial charge >= 0.3 is 5.97 Å². The zero-order valence-corrected chi connectivity index (χ0v) is 16.0. The van der Waals surface area contributed by atoms with Gasteiger partial charge in [-0.3, -0.25) is 0 Å². The number of hydrogen-bond donors (Lipinski definition) is 1. The number of carbonyl (C=O) groups excluding carboxylic acids is 1. The van der Waals surface area contributed by atoms with E-state index in [0.717, 1.165) is 17.7 Å². The summed E-state index contributed by atoms with van der Waals surface area (Å²) in [4.78, 5) is 13.6. The van der Waals surface area contributed by atoms with Crippen LogP contribution in [0.5, 0.6) is 0 Å². The van der Waals surface area contributed by atoms with E-state index in [1.165, 1.54) is 31.4 Å². The van der Waals surface area contributed by atoms with E-state index >= 15 is 0 Å². The summed E-state index contributed by atoms with van der Waals surface area (Å²) in [6.45, 7) is 0.320. The lowest BCUT2D eigenvalue weighted by Crippen LogP contribution is -2.25. The highest BCUT2D eigenvalue weighted by Gasteiger charge is 2.16. The molecule has 1 N–H and O–H groups in total. The van der Waals surface area contributed by atoms with E-state index in [4.69, 9.17) is 0 Å². The summed E-state index contributed by atoms with van der Waals surface area (Å²) >= 11 is 0. The zero-order valence-electron chi connectivity index (χ0n) is 15.2. The molecule has 6 nitrogen and oxygen atoms in total. The molecule has 2 aromatic rings. The van der Waals surface area contributed by atoms with Gasteiger partial charge in [0.2, 0.25) is 10.0 Å². The highest BCUT2D eigenvalue weighted by molar-refractivity contribution is 7.89. The van der Waals surface area contributed by atoms with Gasteiger partial charge in [0.15, 0.2) is 0 Å². The number of carbonyl (C=O) groups is 1. The quantitative estimate of drug-likeness (QED) is 0.566. The van der Waals surface area contributed by atoms with Crippen LogP contribution in [0.4, 0.5) is 5.69 Å². The van der Waals surface area contributed by atoms with Crippen molar-refractivity contribution in [1.82, 2.24) is 4.72 Å². The molecule has 0 aliphatic heterocycles. The van der Waals surface area contributed by atoms with Crippen molar-refractivity contribution >= 4 is 21.7 Å². The van der Waals surface area contributed by atoms with Crippen molar-refractivity contribution < 1.29 is 17.9 Å². The van der Waals surface area contributed by atoms with Crippen LogP contribution < -0.4 is 9.62 Å². The van der Waals surface area contributed by atoms with Crippen LogP contribution in [0.1, 0.15) is 22.3 Å². The molecular weight excluding hydrogens is 352 g/mol. The van der Waals surface area contributed by atoms with Gasteiger partial charge in [0, 0.05) is 26.3 Å². The molecule has 2 aromatic carbocycles. The first-order chi connectivity index (χ1) is 12.3. The first kappa shape index (κ1) is 19.9. The van der Waals surface area contributed by atoms with Crippen LogP contribution in [0.15, 0.2) is 53.4 Å². The maximum Gasteiger partial charge on any atom is 0.337 e. The number of nitrogens with zero attached hydrogens (tertiary/aromatic N) is 1. The number of ether oxygens (including phenoxy) is 1. The van der Waals surface area contributed by atoms with Crippen LogP contribution in [0.2, 0.25) is 0 Å². The van der Waals surface area contributed by atoms with Gasteiger partial charge in [0.1, 0.15) is 0 Å². The molecule has 2 rings (SSSR count). The van der Waals surface area contributed by atoms with Crippen molar-refractivity contribution in [1.29, 1.82) is 0 Å². The number of esters is 1. The Hall–Kier alpha value is -2.38. The van der Waals surface area contributed by atoms with Gasteiger partial charge in [-0.1, -0.05) is 18.2 Å². The Morgan fingerprint density at radius 1 is 1.12 bits per heavy atom. The third kappa shape index (κ3) is 5.31. The molecule has 0 unspecified atom stereocenters. The molecule has 0 radical (unpaired) electrons. The third-order valence-electron chi connectivity index (χ3n) is 3.95. The molecule has 0 aromatic heterocycles. The lowest BCUT2D eigenvalue weighted by molar-refractivity contribution is 0.0600. The van der Waals surface area contributed by atoms with Gasteiger partial charge in [-0.15, -0.1) is 0 Å². The molecule has 0 bridgehead atoms. The molecule has 0 saturated carbocycles. The van der Waals surface area contributed by atoms with Crippen molar-refractivity contribution in [2.75, 3.05) is 32.6 Å². The minimum absolute atomic E-state index is 0.0516. The van der Waals surface area contributed by atoms with Crippen LogP contribution in [-0.4, -0.2) is 42.1 Å². The molecule has 0 aliphatic carbocycles. The van der Waals surface area contributed by atoms with E-state index in [9.17, 15) is 13.2 Å². The molecule has 0 heterocycles. The number of sulfonamides is 1. The highest BCUT2D eigenvalue weighted by Crippen LogP contribution is 2.14. The van der Waals surface area contributed by atoms with Gasteiger partial charge in [0.25, 0.3) is 0 Å². The predicted octanol–water partition coefficient (Wildman–Crippen LogP) is 2.45. The van der Waals surface area contributed by atoms with Crippen LogP contribution in [0.3, 0.4) is 0 Å². The molecule has 0 atom stereocenters. The summed E-state index contributed by atoms with van der Waals surface area (Å²) in [5.74, 6) is -0.566. The van der Waals surface area contributed by atoms with E-state index in [1.807, 2.05) is 43.3 Å². The molecule has 7 heteroatoms. The van der Waals surface area contributed by atoms with E-state index in [0.29, 0.717) is 13.0 Å². The molecule has 0 fully saturated rings. The summed E-state index contributed by atoms with van der Waals surface area (Å²) in [6, 6.07) is 14.0. The Morgan fingerprint density at radius 2 is 1.81 bits per heavy atom. The number of hydrogen-bond acceptors (Lipinski definition) is 5. The van der Waals surface area contributed by atoms with Gasteiger partial charge in [-0.05, 0) is 48.7 Å². The molecule has 140 valence electrons. The smallest absolute Gasteiger partial charge is 0.337 e. The number of nitrogens with one attached hydrogen (secondary N) is 1. The van der Waals surface area contributed by atoms with Crippen LogP contribution in [-0.2, 0) is 21.2 Å². The SMILES string of the molecule is COC(=O)c1cccc(S(=O)(=O)NCCCc2ccc(N(C)C)cc2)c1. The first-order valence-corrected chi connectivity index (χ1v) is 9.76. The normalized spacial score (nSPS) is 11.2. The Morgan fingerprint density at radius 3 is 2.42 bits per heavy atom. The van der Waals surface area contributed by atoms with Crippen LogP contribution in [0.25, 0.3) is 0 Å². The number of aryl methyl sites for hydroxylation is 1. The number of benzene rings is 2. The molecule has 0 spiro atoms. The third-order valence-corrected chi connectivity index (χ3v) is 5.41. The maximum atomic E-state index is 12.4. The van der Waals surface area contributed by atoms with Gasteiger partial charge in [-0.25, -0.2) is 17.9 Å². The summed E-state index contributed by atoms with van der Waals surface area (Å²) in [7, 11) is 1.57. The molecular formula is C19H24N2O4S. The second-order valence-corrected chi connectivity index (χ2v) is 7.85. The monoisotopic (exact) mass is 376 g/mol. The fraction of sp³-hybridized carbons (Fsp3) is 0.316. The fourth-order valence-electron chi connectivity index (χ4n) is 2.45. The summed E-state index contributed by atoms with van der Waals surface area (Å²) < 4.78 is 31.9. The second kappa shape index (κ2) is 8.82. The fourth-order valence-corrected chi connectivity index (χ4v) is 3.57. The summed E-state index contributed by atoms with van der Waals surface area (Å²) in [6.07, 6.45) is 1.45. The van der Waals surface area contributed by atoms with Gasteiger partial charge in [-0.2, -0.15) is 0 Å². The predicted molar refractivity (Wildman–Crippen MR) is 102 cm³/mol. The topological polar surface area (TPSA) is 75.7 Å². The minimum atomic E-state index is -3.66. The number of rotatable bonds is 8. The van der Waals surface area contributed by atoms with Crippen molar-refractivity contribution in [2.24, 2.45) is 0 Å². The van der Waals surface area contributed by atoms with Crippen molar-refractivity contribution in [3.8, 4) is 0 Å². The van der Waals surface area contributed by atoms with Gasteiger partial charge < -0.3 is 9.64 Å². The van der Waals surface area contributed by atoms with E-state index in [-0.39, 0.29) is 10.5 Å². The first-order valence-electron chi connectivity index (χ1n) is 8.28. The van der Waals surface area contributed by atoms with E-state index < -0.39 is 16.0 Å². The second-order valence-electron chi connectivity index (χ2n) is 6.08. The molecule has 0 amide bonds. The molecule has 0 aliphatic rings. The van der Waals surface area contributed by atoms with E-state index in [1.54, 1.807) is 0 Å². The average Bonchev–Trinajstić information content (AvgIpc) is 2.65. The Balaban J connectivity index is 1.91. The standard InChI is InChI=1S/C19H24N2O4S/c1-21(2)17-11-9-15(10-12-17)6-5-13-20-26(23,24)18-8-4-7-16(14-18)19(22)25-3/h4,7-12,14,20H,5-6,13H2,1-3H3. The van der Waals surface area contributed by atoms with E-state index in [2.05, 4.69) is 9.46 Å². The van der Waals surface area contributed by atoms with Crippen LogP contribution >= 0.6 is 0 Å². The summed E-state index contributed by atoms with van der Waals surface area (Å²) in [5, 5.41) is 0. The number of methoxy groups -OCH3 is 1. The largest absolute Gasteiger partial charge is 0.465 e. The maximum absolute atomic E-state index is 12.4. The van der Waals surface area contributed by atoms with Gasteiger partial charge in [0.05, 0.1) is 17.6 Å². The minimum Gasteiger partial charge on any atom is -0.465 e. The van der Waals surface area contributed by atoms with Crippen molar-refractivity contribution in [3.05, 3.63) is 59.7 Å². The number of anilines is 1. The summed E-state index contributed by atoms with van der Waals surface area (Å²) in [5.41, 5.74) is 2.48. The van der Waals surface area contributed by atoms with Crippen molar-refractivity contribution in [3.63, 3.8) is 0 Å². The molecule has 26 heavy (non-hydrogen) atoms. The highest BCUT2D eigenvalue weighted by atomic mass is 32.2. The zero-order chi connectivity index (χ0) is 19.2. The average molecular weight is 376 g/mol. The van der Waals surface area contributed by atoms with Crippen molar-refractivity contribution in [2.45, 2.75) is 17.7 Å². The Kier molecular flexibility index (Phi) is 6.76. The Labute approximate surface area is 154 Å². The Bertz CT molecular complexity index is 846. The van der Waals surface area contributed by atoms with Crippen LogP contribution in [0, 0.1) is 0 Å².